The molecule has 0 amide bonds. The van der Waals surface area contributed by atoms with Crippen molar-refractivity contribution in [1.29, 1.82) is 0 Å². The average molecular weight is 224 g/mol. The molecular formula is C12H16O4. The van der Waals surface area contributed by atoms with Gasteiger partial charge in [-0.1, -0.05) is 30.3 Å². The van der Waals surface area contributed by atoms with Crippen molar-refractivity contribution in [3.8, 4) is 0 Å². The summed E-state index contributed by atoms with van der Waals surface area (Å²) in [6.07, 6.45) is -1.21. The van der Waals surface area contributed by atoms with Gasteiger partial charge in [0.1, 0.15) is 11.7 Å². The zero-order valence-corrected chi connectivity index (χ0v) is 8.91. The third kappa shape index (κ3) is 2.25. The molecule has 4 nitrogen and oxygen atoms in total. The van der Waals surface area contributed by atoms with Crippen molar-refractivity contribution < 1.29 is 20.1 Å². The van der Waals surface area contributed by atoms with Crippen LogP contribution in [0.3, 0.4) is 0 Å². The molecule has 1 aliphatic heterocycles. The van der Waals surface area contributed by atoms with Crippen LogP contribution in [0.2, 0.25) is 0 Å². The van der Waals surface area contributed by atoms with Crippen LogP contribution in [0, 0.1) is 0 Å². The van der Waals surface area contributed by atoms with Gasteiger partial charge in [0.05, 0.1) is 6.61 Å². The number of hydrogen-bond acceptors (Lipinski definition) is 4. The molecule has 88 valence electrons. The molecule has 1 aromatic rings. The van der Waals surface area contributed by atoms with Crippen molar-refractivity contribution >= 4 is 0 Å². The smallest absolute Gasteiger partial charge is 0.158 e. The van der Waals surface area contributed by atoms with Gasteiger partial charge in [0, 0.05) is 12.8 Å². The lowest BCUT2D eigenvalue weighted by Crippen LogP contribution is -2.42. The molecule has 4 heteroatoms. The fourth-order valence-corrected chi connectivity index (χ4v) is 2.15. The van der Waals surface area contributed by atoms with Crippen LogP contribution in [-0.4, -0.2) is 39.9 Å². The topological polar surface area (TPSA) is 69.9 Å². The van der Waals surface area contributed by atoms with Gasteiger partial charge in [-0.05, 0) is 5.56 Å². The second kappa shape index (κ2) is 4.51. The maximum atomic E-state index is 10.3. The highest BCUT2D eigenvalue weighted by Crippen LogP contribution is 2.32. The molecule has 0 saturated carbocycles. The van der Waals surface area contributed by atoms with E-state index in [1.54, 1.807) is 0 Å². The van der Waals surface area contributed by atoms with E-state index in [0.717, 1.165) is 5.56 Å². The van der Waals surface area contributed by atoms with Crippen molar-refractivity contribution in [1.82, 2.24) is 0 Å². The summed E-state index contributed by atoms with van der Waals surface area (Å²) in [5.74, 6) is 0. The number of aliphatic hydroxyl groups is 3. The number of hydrogen-bond donors (Lipinski definition) is 3. The summed E-state index contributed by atoms with van der Waals surface area (Å²) < 4.78 is 5.05. The van der Waals surface area contributed by atoms with E-state index in [0.29, 0.717) is 6.42 Å². The molecule has 3 atom stereocenters. The zero-order valence-electron chi connectivity index (χ0n) is 8.91. The van der Waals surface area contributed by atoms with E-state index in [1.165, 1.54) is 0 Å². The molecule has 0 radical (unpaired) electrons. The first-order chi connectivity index (χ1) is 7.64. The van der Waals surface area contributed by atoms with Gasteiger partial charge in [0.2, 0.25) is 0 Å². The van der Waals surface area contributed by atoms with Crippen molar-refractivity contribution in [2.75, 3.05) is 6.61 Å². The number of benzene rings is 1. The van der Waals surface area contributed by atoms with Crippen molar-refractivity contribution in [2.24, 2.45) is 0 Å². The molecule has 0 aromatic heterocycles. The largest absolute Gasteiger partial charge is 0.394 e. The van der Waals surface area contributed by atoms with Gasteiger partial charge in [-0.25, -0.2) is 0 Å². The van der Waals surface area contributed by atoms with Crippen LogP contribution in [-0.2, 0) is 11.2 Å². The SMILES string of the molecule is OC[C@H]1O[C@H](O)C[C@@]1(O)Cc1ccccc1. The van der Waals surface area contributed by atoms with Crippen molar-refractivity contribution in [3.05, 3.63) is 35.9 Å². The van der Waals surface area contributed by atoms with Gasteiger partial charge in [-0.2, -0.15) is 0 Å². The molecule has 1 aliphatic rings. The molecule has 1 aromatic carbocycles. The lowest BCUT2D eigenvalue weighted by molar-refractivity contribution is -0.120. The molecule has 0 bridgehead atoms. The summed E-state index contributed by atoms with van der Waals surface area (Å²) in [6.45, 7) is -0.291. The lowest BCUT2D eigenvalue weighted by Gasteiger charge is -2.26. The van der Waals surface area contributed by atoms with Gasteiger partial charge in [-0.15, -0.1) is 0 Å². The second-order valence-electron chi connectivity index (χ2n) is 4.23. The quantitative estimate of drug-likeness (QED) is 0.679. The third-order valence-electron chi connectivity index (χ3n) is 2.97. The molecule has 3 N–H and O–H groups in total. The maximum Gasteiger partial charge on any atom is 0.158 e. The minimum atomic E-state index is -1.18. The first-order valence-corrected chi connectivity index (χ1v) is 5.35. The summed E-state index contributed by atoms with van der Waals surface area (Å²) >= 11 is 0. The second-order valence-corrected chi connectivity index (χ2v) is 4.23. The van der Waals surface area contributed by atoms with E-state index < -0.39 is 18.0 Å². The average Bonchev–Trinajstić information content (AvgIpc) is 2.54. The Balaban J connectivity index is 2.13. The Morgan fingerprint density at radius 1 is 1.31 bits per heavy atom. The summed E-state index contributed by atoms with van der Waals surface area (Å²) in [5, 5.41) is 28.8. The molecule has 0 aliphatic carbocycles. The van der Waals surface area contributed by atoms with E-state index in [2.05, 4.69) is 0 Å². The Hall–Kier alpha value is -0.940. The molecule has 1 fully saturated rings. The molecule has 1 heterocycles. The first-order valence-electron chi connectivity index (χ1n) is 5.35. The standard InChI is InChI=1S/C12H16O4/c13-8-10-12(15,7-11(14)16-10)6-9-4-2-1-3-5-9/h1-5,10-11,13-15H,6-8H2/t10-,11+,12+/m1/s1. The summed E-state index contributed by atoms with van der Waals surface area (Å²) in [6, 6.07) is 9.48. The normalized spacial score (nSPS) is 34.2. The monoisotopic (exact) mass is 224 g/mol. The zero-order chi connectivity index (χ0) is 11.6. The van der Waals surface area contributed by atoms with Crippen LogP contribution in [0.4, 0.5) is 0 Å². The minimum absolute atomic E-state index is 0.132. The fraction of sp³-hybridized carbons (Fsp3) is 0.500. The van der Waals surface area contributed by atoms with E-state index in [-0.39, 0.29) is 13.0 Å². The van der Waals surface area contributed by atoms with Crippen LogP contribution in [0.5, 0.6) is 0 Å². The van der Waals surface area contributed by atoms with Crippen LogP contribution < -0.4 is 0 Å². The Labute approximate surface area is 94.1 Å². The molecule has 0 spiro atoms. The highest BCUT2D eigenvalue weighted by Gasteiger charge is 2.46. The highest BCUT2D eigenvalue weighted by atomic mass is 16.6. The van der Waals surface area contributed by atoms with Crippen LogP contribution in [0.15, 0.2) is 30.3 Å². The van der Waals surface area contributed by atoms with Gasteiger partial charge < -0.3 is 20.1 Å². The van der Waals surface area contributed by atoms with E-state index in [9.17, 15) is 10.2 Å². The molecule has 0 unspecified atom stereocenters. The predicted octanol–water partition coefficient (Wildman–Crippen LogP) is 0.0598. The third-order valence-corrected chi connectivity index (χ3v) is 2.97. The molecule has 16 heavy (non-hydrogen) atoms. The fourth-order valence-electron chi connectivity index (χ4n) is 2.15. The molecular weight excluding hydrogens is 208 g/mol. The van der Waals surface area contributed by atoms with Crippen molar-refractivity contribution in [3.63, 3.8) is 0 Å². The summed E-state index contributed by atoms with van der Waals surface area (Å²) in [4.78, 5) is 0. The van der Waals surface area contributed by atoms with E-state index >= 15 is 0 Å². The highest BCUT2D eigenvalue weighted by molar-refractivity contribution is 5.18. The Morgan fingerprint density at radius 3 is 2.62 bits per heavy atom. The van der Waals surface area contributed by atoms with E-state index in [4.69, 9.17) is 9.84 Å². The predicted molar refractivity (Wildman–Crippen MR) is 57.7 cm³/mol. The number of aliphatic hydroxyl groups excluding tert-OH is 2. The van der Waals surface area contributed by atoms with Crippen LogP contribution in [0.25, 0.3) is 0 Å². The van der Waals surface area contributed by atoms with Crippen LogP contribution in [0.1, 0.15) is 12.0 Å². The van der Waals surface area contributed by atoms with E-state index in [1.807, 2.05) is 30.3 Å². The Kier molecular flexibility index (Phi) is 3.25. The summed E-state index contributed by atoms with van der Waals surface area (Å²) in [7, 11) is 0. The first kappa shape index (κ1) is 11.5. The minimum Gasteiger partial charge on any atom is -0.394 e. The van der Waals surface area contributed by atoms with Gasteiger partial charge in [0.25, 0.3) is 0 Å². The number of rotatable bonds is 3. The number of ether oxygens (including phenoxy) is 1. The van der Waals surface area contributed by atoms with Crippen LogP contribution >= 0.6 is 0 Å². The summed E-state index contributed by atoms with van der Waals surface area (Å²) in [5.41, 5.74) is -0.226. The maximum absolute atomic E-state index is 10.3. The van der Waals surface area contributed by atoms with Gasteiger partial charge >= 0.3 is 0 Å². The van der Waals surface area contributed by atoms with Gasteiger partial charge in [0.15, 0.2) is 6.29 Å². The lowest BCUT2D eigenvalue weighted by atomic mass is 9.88. The molecule has 2 rings (SSSR count). The van der Waals surface area contributed by atoms with Gasteiger partial charge in [-0.3, -0.25) is 0 Å². The van der Waals surface area contributed by atoms with Crippen molar-refractivity contribution in [2.45, 2.75) is 30.8 Å². The Morgan fingerprint density at radius 2 is 2.00 bits per heavy atom. The Bertz CT molecular complexity index is 340. The molecule has 1 saturated heterocycles.